The highest BCUT2D eigenvalue weighted by Crippen LogP contribution is 2.38. The summed E-state index contributed by atoms with van der Waals surface area (Å²) in [4.78, 5) is 38.1. The molecule has 2 unspecified atom stereocenters. The highest BCUT2D eigenvalue weighted by Gasteiger charge is 2.22. The van der Waals surface area contributed by atoms with Crippen LogP contribution in [0, 0.1) is 0 Å². The molecule has 0 saturated heterocycles. The molecule has 0 aliphatic carbocycles. The van der Waals surface area contributed by atoms with Gasteiger partial charge in [-0.25, -0.2) is 0 Å². The Balaban J connectivity index is 3.95. The lowest BCUT2D eigenvalue weighted by Gasteiger charge is -2.28. The number of unbranched alkanes of at least 4 members (excludes halogenated alkanes) is 52. The number of allylic oxidation sites excluding steroid dienone is 4. The zero-order chi connectivity index (χ0) is 61.2. The van der Waals surface area contributed by atoms with Crippen LogP contribution in [0.25, 0.3) is 0 Å². The third-order valence-electron chi connectivity index (χ3n) is 17.0. The Morgan fingerprint density at radius 2 is 0.643 bits per heavy atom. The summed E-state index contributed by atoms with van der Waals surface area (Å²) < 4.78 is 34.4. The van der Waals surface area contributed by atoms with Gasteiger partial charge in [-0.1, -0.05) is 353 Å². The zero-order valence-electron chi connectivity index (χ0n) is 56.9. The van der Waals surface area contributed by atoms with E-state index in [0.717, 1.165) is 38.5 Å². The molecule has 0 fully saturated rings. The molecule has 9 nitrogen and oxygen atoms in total. The number of quaternary nitrogens is 1. The van der Waals surface area contributed by atoms with Crippen molar-refractivity contribution in [3.63, 3.8) is 0 Å². The van der Waals surface area contributed by atoms with Crippen molar-refractivity contribution in [3.8, 4) is 0 Å². The van der Waals surface area contributed by atoms with Gasteiger partial charge in [0.1, 0.15) is 19.8 Å². The van der Waals surface area contributed by atoms with Crippen molar-refractivity contribution in [2.45, 2.75) is 392 Å². The van der Waals surface area contributed by atoms with Crippen LogP contribution in [0.3, 0.4) is 0 Å². The minimum Gasteiger partial charge on any atom is -0.756 e. The smallest absolute Gasteiger partial charge is 0.306 e. The van der Waals surface area contributed by atoms with E-state index < -0.39 is 26.5 Å². The molecule has 10 heteroatoms. The van der Waals surface area contributed by atoms with Gasteiger partial charge in [-0.15, -0.1) is 0 Å². The quantitative estimate of drug-likeness (QED) is 0.0195. The highest BCUT2D eigenvalue weighted by molar-refractivity contribution is 7.45. The molecule has 0 rings (SSSR count). The molecule has 0 aliphatic heterocycles. The molecule has 0 N–H and O–H groups in total. The fourth-order valence-electron chi connectivity index (χ4n) is 11.3. The van der Waals surface area contributed by atoms with Crippen LogP contribution in [0.15, 0.2) is 24.3 Å². The molecule has 84 heavy (non-hydrogen) atoms. The van der Waals surface area contributed by atoms with Gasteiger partial charge in [-0.05, 0) is 44.9 Å². The maximum atomic E-state index is 12.9. The molecule has 0 spiro atoms. The fourth-order valence-corrected chi connectivity index (χ4v) is 12.0. The van der Waals surface area contributed by atoms with Gasteiger partial charge in [-0.3, -0.25) is 14.2 Å². The molecule has 0 saturated carbocycles. The number of rotatable bonds is 70. The molecule has 0 aliphatic rings. The fraction of sp³-hybridized carbons (Fsp3) is 0.919. The molecular formula is C74H144NO8P. The van der Waals surface area contributed by atoms with Crippen LogP contribution in [-0.2, 0) is 32.7 Å². The summed E-state index contributed by atoms with van der Waals surface area (Å²) in [7, 11) is 1.19. The second kappa shape index (κ2) is 65.9. The number of esters is 2. The van der Waals surface area contributed by atoms with E-state index in [0.29, 0.717) is 17.4 Å². The van der Waals surface area contributed by atoms with E-state index in [4.69, 9.17) is 18.5 Å². The number of hydrogen-bond acceptors (Lipinski definition) is 8. The van der Waals surface area contributed by atoms with Crippen LogP contribution in [-0.4, -0.2) is 70.0 Å². The van der Waals surface area contributed by atoms with Crippen molar-refractivity contribution in [2.24, 2.45) is 0 Å². The summed E-state index contributed by atoms with van der Waals surface area (Å²) in [5.41, 5.74) is 0. The van der Waals surface area contributed by atoms with Crippen molar-refractivity contribution in [1.29, 1.82) is 0 Å². The molecule has 0 amide bonds. The van der Waals surface area contributed by atoms with E-state index in [1.165, 1.54) is 315 Å². The predicted molar refractivity (Wildman–Crippen MR) is 361 cm³/mol. The Morgan fingerprint density at radius 1 is 0.369 bits per heavy atom. The van der Waals surface area contributed by atoms with E-state index in [2.05, 4.69) is 38.2 Å². The summed E-state index contributed by atoms with van der Waals surface area (Å²) in [6.07, 6.45) is 82.8. The Kier molecular flexibility index (Phi) is 64.7. The number of phosphoric ester groups is 1. The predicted octanol–water partition coefficient (Wildman–Crippen LogP) is 23.4. The average molecular weight is 1210 g/mol. The van der Waals surface area contributed by atoms with E-state index in [1.807, 2.05) is 21.1 Å². The zero-order valence-corrected chi connectivity index (χ0v) is 57.8. The van der Waals surface area contributed by atoms with E-state index in [9.17, 15) is 19.0 Å². The van der Waals surface area contributed by atoms with Crippen LogP contribution >= 0.6 is 7.82 Å². The van der Waals surface area contributed by atoms with Crippen LogP contribution in [0.1, 0.15) is 386 Å². The van der Waals surface area contributed by atoms with Gasteiger partial charge in [0.25, 0.3) is 7.82 Å². The summed E-state index contributed by atoms with van der Waals surface area (Å²) in [5.74, 6) is -0.808. The second-order valence-corrected chi connectivity index (χ2v) is 28.1. The standard InChI is InChI=1S/C74H144NO8P/c1-6-8-10-12-14-16-18-20-22-24-26-28-30-32-34-36-37-39-40-42-44-46-48-50-52-54-56-58-60-62-64-66-73(76)80-70-72(71-82-84(78,79)81-69-68-75(3,4)5)83-74(77)67-65-63-61-59-57-55-53-51-49-47-45-43-41-38-35-33-31-29-27-25-23-21-19-17-15-13-11-9-7-2/h19,21,25,27,72H,6-18,20,22-24,26,28-71H2,1-5H3/b21-19-,27-25-. The molecule has 0 heterocycles. The normalized spacial score (nSPS) is 13.2. The lowest BCUT2D eigenvalue weighted by atomic mass is 10.0. The summed E-state index contributed by atoms with van der Waals surface area (Å²) in [6, 6.07) is 0. The SMILES string of the molecule is CCCCCCC/C=C\C/C=C\CCCCCCCCCCCCCCCCCCCC(=O)OC(COC(=O)CCCCCCCCCCCCCCCCCCCCCCCCCCCCCCCCC)COP(=O)([O-])OCC[N+](C)(C)C. The van der Waals surface area contributed by atoms with Crippen molar-refractivity contribution >= 4 is 19.8 Å². The molecule has 0 aromatic heterocycles. The second-order valence-electron chi connectivity index (χ2n) is 26.7. The van der Waals surface area contributed by atoms with E-state index in [1.54, 1.807) is 0 Å². The van der Waals surface area contributed by atoms with Gasteiger partial charge in [0.2, 0.25) is 0 Å². The lowest BCUT2D eigenvalue weighted by molar-refractivity contribution is -0.870. The largest absolute Gasteiger partial charge is 0.756 e. The lowest BCUT2D eigenvalue weighted by Crippen LogP contribution is -2.37. The molecule has 498 valence electrons. The van der Waals surface area contributed by atoms with Crippen molar-refractivity contribution in [3.05, 3.63) is 24.3 Å². The average Bonchev–Trinajstić information content (AvgIpc) is 3.61. The first kappa shape index (κ1) is 82.5. The minimum atomic E-state index is -4.64. The Hall–Kier alpha value is -1.51. The van der Waals surface area contributed by atoms with Gasteiger partial charge in [0, 0.05) is 12.8 Å². The molecule has 0 bridgehead atoms. The van der Waals surface area contributed by atoms with Gasteiger partial charge < -0.3 is 27.9 Å². The monoisotopic (exact) mass is 1210 g/mol. The Morgan fingerprint density at radius 3 is 0.940 bits per heavy atom. The van der Waals surface area contributed by atoms with Crippen LogP contribution in [0.2, 0.25) is 0 Å². The molecule has 2 atom stereocenters. The number of likely N-dealkylation sites (N-methyl/N-ethyl adjacent to an activating group) is 1. The topological polar surface area (TPSA) is 111 Å². The first-order valence-corrected chi connectivity index (χ1v) is 38.5. The number of hydrogen-bond donors (Lipinski definition) is 0. The van der Waals surface area contributed by atoms with E-state index >= 15 is 0 Å². The summed E-state index contributed by atoms with van der Waals surface area (Å²) in [5, 5.41) is 0. The number of phosphoric acid groups is 1. The number of carbonyl (C=O) groups is 2. The van der Waals surface area contributed by atoms with E-state index in [-0.39, 0.29) is 32.0 Å². The van der Waals surface area contributed by atoms with Crippen molar-refractivity contribution < 1.29 is 42.1 Å². The first-order chi connectivity index (χ1) is 41.0. The number of ether oxygens (including phenoxy) is 2. The number of carbonyl (C=O) groups excluding carboxylic acids is 2. The maximum Gasteiger partial charge on any atom is 0.306 e. The van der Waals surface area contributed by atoms with Crippen LogP contribution < -0.4 is 4.89 Å². The summed E-state index contributed by atoms with van der Waals surface area (Å²) in [6.45, 7) is 4.31. The van der Waals surface area contributed by atoms with Crippen LogP contribution in [0.4, 0.5) is 0 Å². The molecular weight excluding hydrogens is 1060 g/mol. The molecule has 0 aromatic rings. The van der Waals surface area contributed by atoms with Gasteiger partial charge in [0.05, 0.1) is 27.7 Å². The van der Waals surface area contributed by atoms with Gasteiger partial charge in [-0.2, -0.15) is 0 Å². The number of nitrogens with zero attached hydrogens (tertiary/aromatic N) is 1. The molecule has 0 radical (unpaired) electrons. The van der Waals surface area contributed by atoms with Crippen molar-refractivity contribution in [2.75, 3.05) is 47.5 Å². The summed E-state index contributed by atoms with van der Waals surface area (Å²) >= 11 is 0. The maximum absolute atomic E-state index is 12.9. The minimum absolute atomic E-state index is 0.0269. The van der Waals surface area contributed by atoms with Crippen molar-refractivity contribution in [1.82, 2.24) is 0 Å². The third-order valence-corrected chi connectivity index (χ3v) is 17.9. The molecule has 0 aromatic carbocycles. The van der Waals surface area contributed by atoms with Gasteiger partial charge >= 0.3 is 11.9 Å². The van der Waals surface area contributed by atoms with Gasteiger partial charge in [0.15, 0.2) is 6.10 Å². The van der Waals surface area contributed by atoms with Crippen LogP contribution in [0.5, 0.6) is 0 Å². The highest BCUT2D eigenvalue weighted by atomic mass is 31.2. The first-order valence-electron chi connectivity index (χ1n) is 37.0. The Labute approximate surface area is 523 Å². The Bertz CT molecular complexity index is 1460. The third kappa shape index (κ3) is 69.6.